The van der Waals surface area contributed by atoms with E-state index in [9.17, 15) is 14.0 Å². The molecule has 1 aromatic heterocycles. The van der Waals surface area contributed by atoms with Crippen LogP contribution >= 0.6 is 34.8 Å². The van der Waals surface area contributed by atoms with Gasteiger partial charge >= 0.3 is 0 Å². The summed E-state index contributed by atoms with van der Waals surface area (Å²) in [5, 5.41) is -0.508. The molecule has 6 nitrogen and oxygen atoms in total. The lowest BCUT2D eigenvalue weighted by molar-refractivity contribution is -0.128. The Labute approximate surface area is 177 Å². The normalized spacial score (nSPS) is 13.6. The Bertz CT molecular complexity index is 803. The van der Waals surface area contributed by atoms with Gasteiger partial charge in [-0.25, -0.2) is 14.4 Å². The van der Waals surface area contributed by atoms with Crippen molar-refractivity contribution in [3.8, 4) is 11.4 Å². The molecule has 0 saturated carbocycles. The molecule has 0 radical (unpaired) electrons. The minimum atomic E-state index is -0.508. The Morgan fingerprint density at radius 2 is 1.64 bits per heavy atom. The first kappa shape index (κ1) is 22.3. The van der Waals surface area contributed by atoms with E-state index in [2.05, 4.69) is 9.97 Å². The molecule has 0 bridgehead atoms. The monoisotopic (exact) mass is 446 g/mol. The summed E-state index contributed by atoms with van der Waals surface area (Å²) in [6.07, 6.45) is 3.25. The molecule has 1 aromatic carbocycles. The van der Waals surface area contributed by atoms with Crippen LogP contribution in [-0.4, -0.2) is 64.0 Å². The van der Waals surface area contributed by atoms with E-state index in [1.54, 1.807) is 29.4 Å². The third-order valence-corrected chi connectivity index (χ3v) is 4.71. The first-order chi connectivity index (χ1) is 13.5. The lowest BCUT2D eigenvalue weighted by Crippen LogP contribution is -2.49. The zero-order valence-electron chi connectivity index (χ0n) is 14.8. The van der Waals surface area contributed by atoms with E-state index in [4.69, 9.17) is 34.8 Å². The van der Waals surface area contributed by atoms with Crippen LogP contribution in [-0.2, 0) is 9.59 Å². The van der Waals surface area contributed by atoms with Crippen molar-refractivity contribution in [2.45, 2.75) is 0 Å². The third kappa shape index (κ3) is 6.29. The van der Waals surface area contributed by atoms with Crippen LogP contribution < -0.4 is 4.90 Å². The van der Waals surface area contributed by atoms with Crippen molar-refractivity contribution in [3.63, 3.8) is 0 Å². The van der Waals surface area contributed by atoms with E-state index < -0.39 is 5.24 Å². The van der Waals surface area contributed by atoms with Gasteiger partial charge in [0.1, 0.15) is 11.7 Å². The Morgan fingerprint density at radius 3 is 2.14 bits per heavy atom. The van der Waals surface area contributed by atoms with E-state index in [0.29, 0.717) is 43.3 Å². The summed E-state index contributed by atoms with van der Waals surface area (Å²) in [6.45, 7) is 2.27. The summed E-state index contributed by atoms with van der Waals surface area (Å²) in [5.74, 6) is -0.00674. The van der Waals surface area contributed by atoms with E-state index >= 15 is 0 Å². The summed E-state index contributed by atoms with van der Waals surface area (Å²) in [6, 6.07) is 6.71. The lowest BCUT2D eigenvalue weighted by Gasteiger charge is -2.36. The number of piperazine rings is 1. The Hall–Kier alpha value is -1.96. The van der Waals surface area contributed by atoms with E-state index in [1.165, 1.54) is 6.07 Å². The zero-order chi connectivity index (χ0) is 20.5. The van der Waals surface area contributed by atoms with Gasteiger partial charge in [0.2, 0.25) is 11.1 Å². The topological polar surface area (TPSA) is 66.4 Å². The van der Waals surface area contributed by atoms with Crippen LogP contribution in [0.1, 0.15) is 0 Å². The van der Waals surface area contributed by atoms with Gasteiger partial charge in [0.05, 0.1) is 11.6 Å². The lowest BCUT2D eigenvalue weighted by atomic mass is 10.1. The second-order valence-corrected chi connectivity index (χ2v) is 6.68. The molecule has 0 aliphatic carbocycles. The maximum absolute atomic E-state index is 14.4. The van der Waals surface area contributed by atoms with Gasteiger partial charge in [-0.3, -0.25) is 9.59 Å². The quantitative estimate of drug-likeness (QED) is 0.532. The molecule has 2 aromatic rings. The number of anilines is 1. The van der Waals surface area contributed by atoms with Gasteiger partial charge in [-0.05, 0) is 35.9 Å². The molecule has 1 aliphatic rings. The van der Waals surface area contributed by atoms with Gasteiger partial charge in [0.25, 0.3) is 0 Å². The maximum Gasteiger partial charge on any atom is 0.237 e. The predicted molar refractivity (Wildman–Crippen MR) is 109 cm³/mol. The second kappa shape index (κ2) is 11.1. The molecule has 150 valence electrons. The van der Waals surface area contributed by atoms with Crippen LogP contribution in [0.2, 0.25) is 0 Å². The third-order valence-electron chi connectivity index (χ3n) is 3.96. The van der Waals surface area contributed by atoms with E-state index in [-0.39, 0.29) is 23.5 Å². The molecule has 1 fully saturated rings. The fourth-order valence-corrected chi connectivity index (χ4v) is 2.80. The highest BCUT2D eigenvalue weighted by Gasteiger charge is 2.22. The molecule has 28 heavy (non-hydrogen) atoms. The summed E-state index contributed by atoms with van der Waals surface area (Å²) in [4.78, 5) is 32.9. The fraction of sp³-hybridized carbons (Fsp3) is 0.333. The van der Waals surface area contributed by atoms with Crippen LogP contribution in [0.5, 0.6) is 0 Å². The van der Waals surface area contributed by atoms with Crippen molar-refractivity contribution < 1.29 is 14.0 Å². The van der Waals surface area contributed by atoms with Crippen LogP contribution in [0.25, 0.3) is 11.4 Å². The Kier molecular flexibility index (Phi) is 8.89. The molecular formula is C18H18Cl3FN4O2. The molecule has 1 amide bonds. The number of amides is 1. The van der Waals surface area contributed by atoms with Crippen molar-refractivity contribution in [3.05, 3.63) is 42.5 Å². The van der Waals surface area contributed by atoms with Crippen LogP contribution in [0, 0.1) is 5.82 Å². The molecule has 2 heterocycles. The second-order valence-electron chi connectivity index (χ2n) is 5.73. The highest BCUT2D eigenvalue weighted by atomic mass is 35.5. The molecule has 1 aliphatic heterocycles. The number of nitrogens with zero attached hydrogens (tertiary/aromatic N) is 4. The van der Waals surface area contributed by atoms with Gasteiger partial charge in [0.15, 0.2) is 5.82 Å². The number of benzene rings is 1. The molecular weight excluding hydrogens is 430 g/mol. The molecule has 0 unspecified atom stereocenters. The van der Waals surface area contributed by atoms with Crippen LogP contribution in [0.4, 0.5) is 10.1 Å². The summed E-state index contributed by atoms with van der Waals surface area (Å²) < 4.78 is 14.4. The first-order valence-corrected chi connectivity index (χ1v) is 9.81. The van der Waals surface area contributed by atoms with Crippen molar-refractivity contribution in [1.82, 2.24) is 14.9 Å². The number of carbonyl (C=O) groups is 2. The van der Waals surface area contributed by atoms with E-state index in [1.807, 2.05) is 11.0 Å². The van der Waals surface area contributed by atoms with Crippen molar-refractivity contribution >= 4 is 51.6 Å². The average molecular weight is 448 g/mol. The fourth-order valence-electron chi connectivity index (χ4n) is 2.63. The molecule has 0 spiro atoms. The van der Waals surface area contributed by atoms with E-state index in [0.717, 1.165) is 0 Å². The average Bonchev–Trinajstić information content (AvgIpc) is 2.74. The van der Waals surface area contributed by atoms with Gasteiger partial charge in [-0.2, -0.15) is 0 Å². The number of rotatable bonds is 4. The smallest absolute Gasteiger partial charge is 0.237 e. The largest absolute Gasteiger partial charge is 0.366 e. The van der Waals surface area contributed by atoms with Crippen molar-refractivity contribution in [1.29, 1.82) is 0 Å². The van der Waals surface area contributed by atoms with Crippen molar-refractivity contribution in [2.24, 2.45) is 0 Å². The Morgan fingerprint density at radius 1 is 1.04 bits per heavy atom. The predicted octanol–water partition coefficient (Wildman–Crippen LogP) is 3.16. The minimum absolute atomic E-state index is 0.0138. The molecule has 10 heteroatoms. The summed E-state index contributed by atoms with van der Waals surface area (Å²) in [5.41, 5.74) is 1.17. The Balaban J connectivity index is 0.000000500. The molecule has 0 atom stereocenters. The summed E-state index contributed by atoms with van der Waals surface area (Å²) in [7, 11) is 0. The van der Waals surface area contributed by atoms with Gasteiger partial charge < -0.3 is 9.80 Å². The van der Waals surface area contributed by atoms with Gasteiger partial charge in [-0.15, -0.1) is 23.2 Å². The number of halogens is 4. The molecule has 1 saturated heterocycles. The number of hydrogen-bond acceptors (Lipinski definition) is 5. The first-order valence-electron chi connectivity index (χ1n) is 8.36. The van der Waals surface area contributed by atoms with Crippen molar-refractivity contribution in [2.75, 3.05) is 42.8 Å². The standard InChI is InChI=1S/C16H16ClFN4O.C2H2Cl2O/c17-11-15(23)22-8-6-21(7-9-22)14-3-2-12(10-13(14)18)16-19-4-1-5-20-16;3-1-2(4)5/h1-5,10H,6-9,11H2;1H2. The highest BCUT2D eigenvalue weighted by Crippen LogP contribution is 2.25. The van der Waals surface area contributed by atoms with Gasteiger partial charge in [0, 0.05) is 44.1 Å². The SMILES string of the molecule is O=C(CCl)N1CCN(c2ccc(-c3ncccn3)cc2F)CC1.O=C(Cl)CCl. The van der Waals surface area contributed by atoms with Gasteiger partial charge in [-0.1, -0.05) is 0 Å². The number of hydrogen-bond donors (Lipinski definition) is 0. The van der Waals surface area contributed by atoms with Crippen LogP contribution in [0.3, 0.4) is 0 Å². The summed E-state index contributed by atoms with van der Waals surface area (Å²) >= 11 is 15.1. The number of alkyl halides is 2. The molecule has 3 rings (SSSR count). The number of aromatic nitrogens is 2. The minimum Gasteiger partial charge on any atom is -0.366 e. The zero-order valence-corrected chi connectivity index (χ0v) is 17.1. The molecule has 0 N–H and O–H groups in total. The number of carbonyl (C=O) groups excluding carboxylic acids is 2. The van der Waals surface area contributed by atoms with Crippen LogP contribution in [0.15, 0.2) is 36.7 Å². The maximum atomic E-state index is 14.4. The highest BCUT2D eigenvalue weighted by molar-refractivity contribution is 6.67.